The van der Waals surface area contributed by atoms with Crippen LogP contribution in [0.5, 0.6) is 0 Å². The van der Waals surface area contributed by atoms with Crippen molar-refractivity contribution in [3.8, 4) is 0 Å². The van der Waals surface area contributed by atoms with Crippen LogP contribution in [0.15, 0.2) is 35.5 Å². The van der Waals surface area contributed by atoms with Crippen molar-refractivity contribution < 1.29 is 19.8 Å². The molecule has 1 spiro atoms. The van der Waals surface area contributed by atoms with Gasteiger partial charge in [-0.25, -0.2) is 0 Å². The molecule has 0 saturated carbocycles. The molecular weight excluding hydrogens is 366 g/mol. The quantitative estimate of drug-likeness (QED) is 0.490. The summed E-state index contributed by atoms with van der Waals surface area (Å²) in [6.07, 6.45) is 6.60. The predicted octanol–water partition coefficient (Wildman–Crippen LogP) is 2.93. The molecule has 1 fully saturated rings. The maximum atomic E-state index is 13.6. The lowest BCUT2D eigenvalue weighted by Crippen LogP contribution is -2.51. The molecule has 3 rings (SSSR count). The first-order valence-electron chi connectivity index (χ1n) is 10.8. The summed E-state index contributed by atoms with van der Waals surface area (Å²) in [5.74, 6) is -0.455. The Morgan fingerprint density at radius 3 is 2.55 bits per heavy atom. The van der Waals surface area contributed by atoms with E-state index in [2.05, 4.69) is 39.1 Å². The van der Waals surface area contributed by atoms with Crippen molar-refractivity contribution in [3.63, 3.8) is 0 Å². The smallest absolute Gasteiger partial charge is 0.235 e. The number of carbonyl (C=O) groups excluding carboxylic acids is 2. The highest BCUT2D eigenvalue weighted by molar-refractivity contribution is 6.13. The van der Waals surface area contributed by atoms with Gasteiger partial charge in [0.1, 0.15) is 5.41 Å². The van der Waals surface area contributed by atoms with Gasteiger partial charge in [0.15, 0.2) is 5.78 Å². The fourth-order valence-electron chi connectivity index (χ4n) is 5.53. The molecule has 3 aliphatic rings. The van der Waals surface area contributed by atoms with Gasteiger partial charge >= 0.3 is 0 Å². The molecule has 1 amide bonds. The summed E-state index contributed by atoms with van der Waals surface area (Å²) in [5.41, 5.74) is 1.02. The minimum Gasteiger partial charge on any atom is -0.390 e. The number of nitrogens with one attached hydrogen (secondary N) is 1. The van der Waals surface area contributed by atoms with Gasteiger partial charge in [-0.2, -0.15) is 0 Å². The number of ketones is 1. The molecule has 0 aromatic rings. The topological polar surface area (TPSA) is 86.6 Å². The normalized spacial score (nSPS) is 43.4. The molecule has 7 atom stereocenters. The van der Waals surface area contributed by atoms with E-state index < -0.39 is 17.6 Å². The average molecular weight is 402 g/mol. The van der Waals surface area contributed by atoms with Gasteiger partial charge in [0.05, 0.1) is 12.2 Å². The van der Waals surface area contributed by atoms with Crippen LogP contribution in [-0.2, 0) is 9.59 Å². The maximum absolute atomic E-state index is 13.6. The van der Waals surface area contributed by atoms with E-state index in [0.29, 0.717) is 18.8 Å². The summed E-state index contributed by atoms with van der Waals surface area (Å²) in [6.45, 7) is 10.4. The molecule has 1 heterocycles. The van der Waals surface area contributed by atoms with E-state index in [-0.39, 0.29) is 35.5 Å². The fraction of sp³-hybridized carbons (Fsp3) is 0.667. The summed E-state index contributed by atoms with van der Waals surface area (Å²) in [4.78, 5) is 27.1. The molecule has 0 bridgehead atoms. The van der Waals surface area contributed by atoms with Gasteiger partial charge in [-0.1, -0.05) is 50.1 Å². The van der Waals surface area contributed by atoms with Crippen LogP contribution in [0.3, 0.4) is 0 Å². The van der Waals surface area contributed by atoms with E-state index in [1.807, 2.05) is 13.0 Å². The van der Waals surface area contributed by atoms with Crippen LogP contribution in [0.4, 0.5) is 0 Å². The van der Waals surface area contributed by atoms with E-state index in [0.717, 1.165) is 12.0 Å². The number of rotatable bonds is 2. The van der Waals surface area contributed by atoms with E-state index in [4.69, 9.17) is 0 Å². The predicted molar refractivity (Wildman–Crippen MR) is 113 cm³/mol. The number of carbonyl (C=O) groups is 2. The summed E-state index contributed by atoms with van der Waals surface area (Å²) in [7, 11) is 0. The second kappa shape index (κ2) is 8.19. The Morgan fingerprint density at radius 1 is 1.21 bits per heavy atom. The Bertz CT molecular complexity index is 765. The van der Waals surface area contributed by atoms with E-state index in [1.165, 1.54) is 17.7 Å². The third kappa shape index (κ3) is 3.75. The lowest BCUT2D eigenvalue weighted by atomic mass is 9.55. The maximum Gasteiger partial charge on any atom is 0.235 e. The van der Waals surface area contributed by atoms with Crippen molar-refractivity contribution in [1.82, 2.24) is 5.32 Å². The molecule has 1 aliphatic heterocycles. The lowest BCUT2D eigenvalue weighted by molar-refractivity contribution is -0.142. The second-order valence-electron chi connectivity index (χ2n) is 9.66. The Hall–Kier alpha value is -1.72. The van der Waals surface area contributed by atoms with Gasteiger partial charge in [0.25, 0.3) is 0 Å². The van der Waals surface area contributed by atoms with Gasteiger partial charge in [0, 0.05) is 17.9 Å². The minimum absolute atomic E-state index is 0.0599. The van der Waals surface area contributed by atoms with Gasteiger partial charge < -0.3 is 15.5 Å². The molecule has 3 N–H and O–H groups in total. The zero-order valence-electron chi connectivity index (χ0n) is 18.2. The number of hydrogen-bond acceptors (Lipinski definition) is 4. The molecule has 160 valence electrons. The van der Waals surface area contributed by atoms with Crippen LogP contribution in [0.1, 0.15) is 53.9 Å². The molecule has 5 heteroatoms. The van der Waals surface area contributed by atoms with Crippen molar-refractivity contribution in [1.29, 1.82) is 0 Å². The highest BCUT2D eigenvalue weighted by Crippen LogP contribution is 2.55. The van der Waals surface area contributed by atoms with Gasteiger partial charge in [0.2, 0.25) is 5.91 Å². The van der Waals surface area contributed by atoms with Crippen molar-refractivity contribution >= 4 is 11.7 Å². The summed E-state index contributed by atoms with van der Waals surface area (Å²) >= 11 is 0. The van der Waals surface area contributed by atoms with Gasteiger partial charge in [-0.3, -0.25) is 9.59 Å². The molecule has 29 heavy (non-hydrogen) atoms. The van der Waals surface area contributed by atoms with Crippen LogP contribution in [0, 0.1) is 29.1 Å². The molecule has 0 radical (unpaired) electrons. The largest absolute Gasteiger partial charge is 0.390 e. The monoisotopic (exact) mass is 401 g/mol. The molecule has 2 aliphatic carbocycles. The third-order valence-electron chi connectivity index (χ3n) is 7.15. The van der Waals surface area contributed by atoms with Crippen molar-refractivity contribution in [2.24, 2.45) is 29.1 Å². The Morgan fingerprint density at radius 2 is 1.90 bits per heavy atom. The average Bonchev–Trinajstić information content (AvgIpc) is 2.93. The molecule has 1 saturated heterocycles. The van der Waals surface area contributed by atoms with Crippen molar-refractivity contribution in [3.05, 3.63) is 35.5 Å². The summed E-state index contributed by atoms with van der Waals surface area (Å²) in [5, 5.41) is 23.6. The summed E-state index contributed by atoms with van der Waals surface area (Å²) in [6, 6.07) is -0.0599. The lowest BCUT2D eigenvalue weighted by Gasteiger charge is -2.44. The summed E-state index contributed by atoms with van der Waals surface area (Å²) < 4.78 is 0. The number of hydrogen-bond donors (Lipinski definition) is 3. The SMILES string of the molecule is CC1=C[C@@H]2/C=C(/C)CC[C@H](O)[C@H](O)/C=C/C(=O)[C@]23C(=O)N[C@H](CC(C)C)[C@H]3[C@H]1C. The van der Waals surface area contributed by atoms with E-state index >= 15 is 0 Å². The Kier molecular flexibility index (Phi) is 6.21. The Balaban J connectivity index is 2.20. The Labute approximate surface area is 174 Å². The first-order valence-corrected chi connectivity index (χ1v) is 10.8. The van der Waals surface area contributed by atoms with Crippen LogP contribution in [-0.4, -0.2) is 40.2 Å². The number of aliphatic hydroxyl groups excluding tert-OH is 2. The zero-order chi connectivity index (χ0) is 21.5. The first-order chi connectivity index (χ1) is 13.6. The molecule has 0 aromatic carbocycles. The molecule has 0 aromatic heterocycles. The minimum atomic E-state index is -1.20. The number of amides is 1. The first kappa shape index (κ1) is 22.0. The fourth-order valence-corrected chi connectivity index (χ4v) is 5.53. The highest BCUT2D eigenvalue weighted by atomic mass is 16.3. The van der Waals surface area contributed by atoms with E-state index in [1.54, 1.807) is 0 Å². The zero-order valence-corrected chi connectivity index (χ0v) is 18.2. The van der Waals surface area contributed by atoms with Crippen LogP contribution in [0.25, 0.3) is 0 Å². The van der Waals surface area contributed by atoms with Crippen LogP contribution < -0.4 is 5.32 Å². The van der Waals surface area contributed by atoms with Crippen LogP contribution in [0.2, 0.25) is 0 Å². The second-order valence-corrected chi connectivity index (χ2v) is 9.66. The van der Waals surface area contributed by atoms with Crippen LogP contribution >= 0.6 is 0 Å². The van der Waals surface area contributed by atoms with Gasteiger partial charge in [-0.05, 0) is 51.0 Å². The van der Waals surface area contributed by atoms with E-state index in [9.17, 15) is 19.8 Å². The standard InChI is InChI=1S/C24H35NO4/c1-13(2)10-18-22-16(5)15(4)12-17-11-14(3)6-7-19(26)20(27)8-9-21(28)24(17,22)23(29)25-18/h8-9,11-13,16-20,22,26-27H,6-7,10H2,1-5H3,(H,25,29)/b9-8+,14-11-/t16-,17-,18+,19-,20+,22+,24+/m0/s1. The van der Waals surface area contributed by atoms with Crippen molar-refractivity contribution in [2.75, 3.05) is 0 Å². The number of aliphatic hydroxyl groups is 2. The highest BCUT2D eigenvalue weighted by Gasteiger charge is 2.64. The van der Waals surface area contributed by atoms with Crippen molar-refractivity contribution in [2.45, 2.75) is 72.1 Å². The molecular formula is C24H35NO4. The molecule has 0 unspecified atom stereocenters. The van der Waals surface area contributed by atoms with Gasteiger partial charge in [-0.15, -0.1) is 0 Å². The third-order valence-corrected chi connectivity index (χ3v) is 7.15. The molecule has 5 nitrogen and oxygen atoms in total. The number of allylic oxidation sites excluding steroid dienone is 5.